The summed E-state index contributed by atoms with van der Waals surface area (Å²) in [6, 6.07) is 2.65. The third-order valence-electron chi connectivity index (χ3n) is 2.73. The zero-order chi connectivity index (χ0) is 11.5. The van der Waals surface area contributed by atoms with Crippen molar-refractivity contribution >= 4 is 0 Å². The van der Waals surface area contributed by atoms with Gasteiger partial charge in [-0.2, -0.15) is 10.4 Å². The van der Waals surface area contributed by atoms with Crippen LogP contribution in [-0.2, 0) is 6.42 Å². The summed E-state index contributed by atoms with van der Waals surface area (Å²) in [7, 11) is 0. The highest BCUT2D eigenvalue weighted by atomic mass is 15.3. The Kier molecular flexibility index (Phi) is 3.46. The van der Waals surface area contributed by atoms with Crippen molar-refractivity contribution in [2.45, 2.75) is 46.6 Å². The van der Waals surface area contributed by atoms with E-state index >= 15 is 0 Å². The van der Waals surface area contributed by atoms with E-state index in [-0.39, 0.29) is 5.41 Å². The zero-order valence-electron chi connectivity index (χ0n) is 9.86. The largest absolute Gasteiger partial charge is 0.248 e. The molecule has 0 aliphatic rings. The molecule has 82 valence electrons. The number of rotatable bonds is 4. The van der Waals surface area contributed by atoms with Crippen LogP contribution in [0.4, 0.5) is 0 Å². The Hall–Kier alpha value is -1.37. The molecule has 0 saturated heterocycles. The topological polar surface area (TPSA) is 54.5 Å². The Labute approximate surface area is 90.9 Å². The van der Waals surface area contributed by atoms with Gasteiger partial charge in [0.2, 0.25) is 0 Å². The molecule has 1 heterocycles. The Morgan fingerprint density at radius 3 is 2.73 bits per heavy atom. The molecule has 1 atom stereocenters. The van der Waals surface area contributed by atoms with Gasteiger partial charge in [-0.05, 0) is 27.2 Å². The lowest BCUT2D eigenvalue weighted by Crippen LogP contribution is -2.20. The third kappa shape index (κ3) is 2.56. The fourth-order valence-electron chi connectivity index (χ4n) is 1.42. The smallest absolute Gasteiger partial charge is 0.138 e. The van der Waals surface area contributed by atoms with Gasteiger partial charge in [0.05, 0.1) is 11.5 Å². The first-order valence-electron chi connectivity index (χ1n) is 5.32. The lowest BCUT2D eigenvalue weighted by Gasteiger charge is -2.19. The molecule has 0 saturated carbocycles. The molecular weight excluding hydrogens is 188 g/mol. The van der Waals surface area contributed by atoms with E-state index < -0.39 is 0 Å². The first kappa shape index (κ1) is 11.7. The molecule has 0 spiro atoms. The third-order valence-corrected chi connectivity index (χ3v) is 2.73. The van der Waals surface area contributed by atoms with Crippen LogP contribution in [0.3, 0.4) is 0 Å². The van der Waals surface area contributed by atoms with Crippen LogP contribution >= 0.6 is 0 Å². The predicted molar refractivity (Wildman–Crippen MR) is 58.1 cm³/mol. The van der Waals surface area contributed by atoms with Crippen molar-refractivity contribution in [1.29, 1.82) is 5.26 Å². The molecule has 0 bridgehead atoms. The monoisotopic (exact) mass is 206 g/mol. The zero-order valence-corrected chi connectivity index (χ0v) is 9.86. The fraction of sp³-hybridized carbons (Fsp3) is 0.727. The molecule has 1 aromatic rings. The standard InChI is InChI=1S/C11H18N4/c1-5-11(4,7-12)6-10-13-8-14-15(10)9(2)3/h8-9H,5-6H2,1-4H3. The van der Waals surface area contributed by atoms with Crippen molar-refractivity contribution in [1.82, 2.24) is 14.8 Å². The van der Waals surface area contributed by atoms with Gasteiger partial charge in [-0.25, -0.2) is 9.67 Å². The molecule has 0 aliphatic carbocycles. The summed E-state index contributed by atoms with van der Waals surface area (Å²) in [4.78, 5) is 4.22. The van der Waals surface area contributed by atoms with E-state index in [2.05, 4.69) is 30.0 Å². The molecule has 0 radical (unpaired) electrons. The van der Waals surface area contributed by atoms with Crippen molar-refractivity contribution in [2.24, 2.45) is 5.41 Å². The van der Waals surface area contributed by atoms with Crippen LogP contribution in [0.5, 0.6) is 0 Å². The van der Waals surface area contributed by atoms with Gasteiger partial charge < -0.3 is 0 Å². The highest BCUT2D eigenvalue weighted by Crippen LogP contribution is 2.25. The van der Waals surface area contributed by atoms with Crippen LogP contribution in [0.25, 0.3) is 0 Å². The highest BCUT2D eigenvalue weighted by Gasteiger charge is 2.25. The number of hydrogen-bond donors (Lipinski definition) is 0. The van der Waals surface area contributed by atoms with Crippen molar-refractivity contribution in [3.8, 4) is 6.07 Å². The van der Waals surface area contributed by atoms with Crippen LogP contribution in [0.2, 0.25) is 0 Å². The van der Waals surface area contributed by atoms with Gasteiger partial charge in [-0.1, -0.05) is 6.92 Å². The van der Waals surface area contributed by atoms with Crippen molar-refractivity contribution in [3.63, 3.8) is 0 Å². The second-order valence-corrected chi connectivity index (χ2v) is 4.42. The Balaban J connectivity index is 2.90. The summed E-state index contributed by atoms with van der Waals surface area (Å²) in [6.45, 7) is 8.12. The van der Waals surface area contributed by atoms with Gasteiger partial charge in [0.15, 0.2) is 0 Å². The van der Waals surface area contributed by atoms with E-state index in [1.165, 1.54) is 0 Å². The first-order chi connectivity index (χ1) is 7.02. The van der Waals surface area contributed by atoms with Gasteiger partial charge in [0.25, 0.3) is 0 Å². The Morgan fingerprint density at radius 1 is 1.60 bits per heavy atom. The molecule has 1 unspecified atom stereocenters. The van der Waals surface area contributed by atoms with Crippen molar-refractivity contribution in [2.75, 3.05) is 0 Å². The van der Waals surface area contributed by atoms with Gasteiger partial charge in [-0.15, -0.1) is 0 Å². The predicted octanol–water partition coefficient (Wildman–Crippen LogP) is 2.34. The molecule has 15 heavy (non-hydrogen) atoms. The molecular formula is C11H18N4. The Bertz CT molecular complexity index is 361. The summed E-state index contributed by atoms with van der Waals surface area (Å²) in [5.74, 6) is 0.899. The SMILES string of the molecule is CCC(C)(C#N)Cc1ncnn1C(C)C. The lowest BCUT2D eigenvalue weighted by molar-refractivity contribution is 0.388. The average molecular weight is 206 g/mol. The first-order valence-corrected chi connectivity index (χ1v) is 5.32. The minimum absolute atomic E-state index is 0.294. The number of nitrogens with zero attached hydrogens (tertiary/aromatic N) is 4. The summed E-state index contributed by atoms with van der Waals surface area (Å²) >= 11 is 0. The van der Waals surface area contributed by atoms with E-state index in [9.17, 15) is 0 Å². The van der Waals surface area contributed by atoms with Crippen LogP contribution in [0.1, 0.15) is 46.0 Å². The number of nitriles is 1. The van der Waals surface area contributed by atoms with E-state index in [1.54, 1.807) is 6.33 Å². The van der Waals surface area contributed by atoms with Crippen LogP contribution in [0.15, 0.2) is 6.33 Å². The molecule has 0 aliphatic heterocycles. The molecule has 0 fully saturated rings. The summed E-state index contributed by atoms with van der Waals surface area (Å²) in [6.07, 6.45) is 3.05. The van der Waals surface area contributed by atoms with E-state index in [0.29, 0.717) is 12.5 Å². The van der Waals surface area contributed by atoms with Crippen molar-refractivity contribution < 1.29 is 0 Å². The molecule has 4 nitrogen and oxygen atoms in total. The normalized spacial score (nSPS) is 14.9. The lowest BCUT2D eigenvalue weighted by atomic mass is 9.85. The maximum Gasteiger partial charge on any atom is 0.138 e. The number of hydrogen-bond acceptors (Lipinski definition) is 3. The molecule has 4 heteroatoms. The minimum atomic E-state index is -0.334. The van der Waals surface area contributed by atoms with E-state index in [4.69, 9.17) is 5.26 Å². The molecule has 1 aromatic heterocycles. The van der Waals surface area contributed by atoms with Crippen LogP contribution < -0.4 is 0 Å². The van der Waals surface area contributed by atoms with Crippen LogP contribution in [-0.4, -0.2) is 14.8 Å². The van der Waals surface area contributed by atoms with Gasteiger partial charge >= 0.3 is 0 Å². The summed E-state index contributed by atoms with van der Waals surface area (Å²) in [5.41, 5.74) is -0.334. The number of aromatic nitrogens is 3. The van der Waals surface area contributed by atoms with Gasteiger partial charge in [0.1, 0.15) is 12.2 Å². The van der Waals surface area contributed by atoms with E-state index in [0.717, 1.165) is 12.2 Å². The minimum Gasteiger partial charge on any atom is -0.248 e. The molecule has 1 rings (SSSR count). The fourth-order valence-corrected chi connectivity index (χ4v) is 1.42. The highest BCUT2D eigenvalue weighted by molar-refractivity contribution is 5.03. The quantitative estimate of drug-likeness (QED) is 0.759. The summed E-state index contributed by atoms with van der Waals surface area (Å²) < 4.78 is 1.88. The maximum absolute atomic E-state index is 9.11. The second kappa shape index (κ2) is 4.43. The van der Waals surface area contributed by atoms with Gasteiger partial charge in [-0.3, -0.25) is 0 Å². The Morgan fingerprint density at radius 2 is 2.27 bits per heavy atom. The maximum atomic E-state index is 9.11. The van der Waals surface area contributed by atoms with E-state index in [1.807, 2.05) is 18.5 Å². The molecule has 0 amide bonds. The van der Waals surface area contributed by atoms with Gasteiger partial charge in [0, 0.05) is 12.5 Å². The average Bonchev–Trinajstić information content (AvgIpc) is 2.65. The molecule has 0 aromatic carbocycles. The summed E-state index contributed by atoms with van der Waals surface area (Å²) in [5, 5.41) is 13.3. The van der Waals surface area contributed by atoms with Crippen LogP contribution in [0, 0.1) is 16.7 Å². The second-order valence-electron chi connectivity index (χ2n) is 4.42. The van der Waals surface area contributed by atoms with Crippen molar-refractivity contribution in [3.05, 3.63) is 12.2 Å². The molecule has 0 N–H and O–H groups in total.